The number of amides is 1. The van der Waals surface area contributed by atoms with E-state index in [4.69, 9.17) is 4.74 Å². The van der Waals surface area contributed by atoms with Crippen LogP contribution in [0.4, 0.5) is 13.2 Å². The van der Waals surface area contributed by atoms with Crippen molar-refractivity contribution in [2.75, 3.05) is 13.2 Å². The van der Waals surface area contributed by atoms with Crippen molar-refractivity contribution in [3.8, 4) is 0 Å². The molecule has 4 nitrogen and oxygen atoms in total. The molecule has 1 N–H and O–H groups in total. The van der Waals surface area contributed by atoms with Crippen LogP contribution in [0, 0.1) is 6.92 Å². The number of rotatable bonds is 5. The normalized spacial score (nSPS) is 11.8. The smallest absolute Gasteiger partial charge is 0.377 e. The summed E-state index contributed by atoms with van der Waals surface area (Å²) >= 11 is 0. The van der Waals surface area contributed by atoms with Crippen LogP contribution < -0.4 is 5.32 Å². The summed E-state index contributed by atoms with van der Waals surface area (Å²) in [5, 5.41) is 2.57. The number of nitrogens with zero attached hydrogens (tertiary/aromatic N) is 1. The SMILES string of the molecule is Cc1nc(C(F)(F)F)ccc1C(=O)NCCOC(C)C. The molecule has 0 bridgehead atoms. The third-order valence-corrected chi connectivity index (χ3v) is 2.46. The molecule has 0 aromatic carbocycles. The molecular formula is C13H17F3N2O2. The number of alkyl halides is 3. The molecule has 1 amide bonds. The van der Waals surface area contributed by atoms with Crippen molar-refractivity contribution < 1.29 is 22.7 Å². The first-order valence-electron chi connectivity index (χ1n) is 6.16. The third-order valence-electron chi connectivity index (χ3n) is 2.46. The van der Waals surface area contributed by atoms with Crippen molar-refractivity contribution >= 4 is 5.91 Å². The highest BCUT2D eigenvalue weighted by atomic mass is 19.4. The molecule has 0 saturated heterocycles. The zero-order valence-electron chi connectivity index (χ0n) is 11.5. The summed E-state index contributed by atoms with van der Waals surface area (Å²) in [7, 11) is 0. The van der Waals surface area contributed by atoms with E-state index in [9.17, 15) is 18.0 Å². The summed E-state index contributed by atoms with van der Waals surface area (Å²) in [6.45, 7) is 5.74. The fourth-order valence-corrected chi connectivity index (χ4v) is 1.51. The standard InChI is InChI=1S/C13H17F3N2O2/c1-8(2)20-7-6-17-12(19)10-4-5-11(13(14,15)16)18-9(10)3/h4-5,8H,6-7H2,1-3H3,(H,17,19). The summed E-state index contributed by atoms with van der Waals surface area (Å²) in [5.74, 6) is -0.462. The lowest BCUT2D eigenvalue weighted by atomic mass is 10.1. The quantitative estimate of drug-likeness (QED) is 0.848. The number of carbonyl (C=O) groups is 1. The molecule has 0 fully saturated rings. The molecule has 112 valence electrons. The van der Waals surface area contributed by atoms with Crippen molar-refractivity contribution in [2.24, 2.45) is 0 Å². The first-order chi connectivity index (χ1) is 9.21. The largest absolute Gasteiger partial charge is 0.433 e. The predicted molar refractivity (Wildman–Crippen MR) is 67.4 cm³/mol. The van der Waals surface area contributed by atoms with Gasteiger partial charge >= 0.3 is 6.18 Å². The van der Waals surface area contributed by atoms with Gasteiger partial charge in [-0.2, -0.15) is 13.2 Å². The number of pyridine rings is 1. The Morgan fingerprint density at radius 2 is 2.05 bits per heavy atom. The van der Waals surface area contributed by atoms with Gasteiger partial charge in [-0.3, -0.25) is 4.79 Å². The number of hydrogen-bond acceptors (Lipinski definition) is 3. The van der Waals surface area contributed by atoms with Crippen LogP contribution in [0.5, 0.6) is 0 Å². The second kappa shape index (κ2) is 6.69. The number of carbonyl (C=O) groups excluding carboxylic acids is 1. The summed E-state index contributed by atoms with van der Waals surface area (Å²) in [6.07, 6.45) is -4.45. The van der Waals surface area contributed by atoms with E-state index in [0.29, 0.717) is 6.61 Å². The van der Waals surface area contributed by atoms with Gasteiger partial charge in [0, 0.05) is 6.54 Å². The van der Waals surface area contributed by atoms with E-state index in [-0.39, 0.29) is 23.9 Å². The van der Waals surface area contributed by atoms with Crippen LogP contribution in [0.15, 0.2) is 12.1 Å². The molecule has 0 aliphatic rings. The van der Waals surface area contributed by atoms with Gasteiger partial charge in [-0.15, -0.1) is 0 Å². The number of halogens is 3. The fourth-order valence-electron chi connectivity index (χ4n) is 1.51. The van der Waals surface area contributed by atoms with E-state index < -0.39 is 17.8 Å². The number of ether oxygens (including phenoxy) is 1. The number of aromatic nitrogens is 1. The molecule has 1 aromatic heterocycles. The van der Waals surface area contributed by atoms with Crippen LogP contribution in [0.25, 0.3) is 0 Å². The van der Waals surface area contributed by atoms with E-state index >= 15 is 0 Å². The second-order valence-corrected chi connectivity index (χ2v) is 4.50. The molecular weight excluding hydrogens is 273 g/mol. The zero-order chi connectivity index (χ0) is 15.3. The third kappa shape index (κ3) is 4.80. The Labute approximate surface area is 115 Å². The molecule has 20 heavy (non-hydrogen) atoms. The maximum absolute atomic E-state index is 12.4. The van der Waals surface area contributed by atoms with E-state index in [1.54, 1.807) is 0 Å². The van der Waals surface area contributed by atoms with Gasteiger partial charge in [0.05, 0.1) is 24.0 Å². The first kappa shape index (κ1) is 16.4. The molecule has 0 atom stereocenters. The lowest BCUT2D eigenvalue weighted by Gasteiger charge is -2.11. The van der Waals surface area contributed by atoms with E-state index in [1.165, 1.54) is 6.92 Å². The van der Waals surface area contributed by atoms with Crippen LogP contribution in [-0.2, 0) is 10.9 Å². The molecule has 0 unspecified atom stereocenters. The van der Waals surface area contributed by atoms with Crippen LogP contribution in [0.1, 0.15) is 35.6 Å². The molecule has 0 saturated carbocycles. The minimum Gasteiger partial charge on any atom is -0.377 e. The lowest BCUT2D eigenvalue weighted by molar-refractivity contribution is -0.141. The van der Waals surface area contributed by atoms with Gasteiger partial charge in [0.2, 0.25) is 0 Å². The summed E-state index contributed by atoms with van der Waals surface area (Å²) < 4.78 is 42.6. The number of hydrogen-bond donors (Lipinski definition) is 1. The first-order valence-corrected chi connectivity index (χ1v) is 6.16. The number of aryl methyl sites for hydroxylation is 1. The van der Waals surface area contributed by atoms with Crippen molar-refractivity contribution in [1.82, 2.24) is 10.3 Å². The van der Waals surface area contributed by atoms with Gasteiger partial charge in [-0.25, -0.2) is 4.98 Å². The highest BCUT2D eigenvalue weighted by Crippen LogP contribution is 2.28. The van der Waals surface area contributed by atoms with Gasteiger partial charge in [-0.1, -0.05) is 0 Å². The Kier molecular flexibility index (Phi) is 5.50. The van der Waals surface area contributed by atoms with Crippen LogP contribution >= 0.6 is 0 Å². The van der Waals surface area contributed by atoms with Crippen molar-refractivity contribution in [3.05, 3.63) is 29.1 Å². The highest BCUT2D eigenvalue weighted by Gasteiger charge is 2.32. The Bertz CT molecular complexity index is 473. The van der Waals surface area contributed by atoms with Gasteiger partial charge in [0.25, 0.3) is 5.91 Å². The maximum atomic E-state index is 12.4. The second-order valence-electron chi connectivity index (χ2n) is 4.50. The topological polar surface area (TPSA) is 51.2 Å². The Morgan fingerprint density at radius 3 is 2.55 bits per heavy atom. The van der Waals surface area contributed by atoms with Gasteiger partial charge in [-0.05, 0) is 32.9 Å². The molecule has 1 rings (SSSR count). The average Bonchev–Trinajstić information content (AvgIpc) is 2.32. The zero-order valence-corrected chi connectivity index (χ0v) is 11.5. The number of nitrogens with one attached hydrogen (secondary N) is 1. The van der Waals surface area contributed by atoms with Crippen molar-refractivity contribution in [3.63, 3.8) is 0 Å². The minimum absolute atomic E-state index is 0.0436. The molecule has 0 spiro atoms. The molecule has 0 aliphatic heterocycles. The summed E-state index contributed by atoms with van der Waals surface area (Å²) in [5.41, 5.74) is -0.834. The monoisotopic (exact) mass is 290 g/mol. The van der Waals surface area contributed by atoms with Crippen molar-refractivity contribution in [1.29, 1.82) is 0 Å². The Morgan fingerprint density at radius 1 is 1.40 bits per heavy atom. The van der Waals surface area contributed by atoms with E-state index in [2.05, 4.69) is 10.3 Å². The van der Waals surface area contributed by atoms with Gasteiger partial charge in [0.15, 0.2) is 0 Å². The van der Waals surface area contributed by atoms with Crippen molar-refractivity contribution in [2.45, 2.75) is 33.1 Å². The van der Waals surface area contributed by atoms with Gasteiger partial charge < -0.3 is 10.1 Å². The molecule has 0 aliphatic carbocycles. The maximum Gasteiger partial charge on any atom is 0.433 e. The van der Waals surface area contributed by atoms with Crippen LogP contribution in [0.3, 0.4) is 0 Å². The van der Waals surface area contributed by atoms with Gasteiger partial charge in [0.1, 0.15) is 5.69 Å². The van der Waals surface area contributed by atoms with Crippen LogP contribution in [0.2, 0.25) is 0 Å². The predicted octanol–water partition coefficient (Wildman–Crippen LogP) is 2.56. The Balaban J connectivity index is 2.65. The van der Waals surface area contributed by atoms with E-state index in [1.807, 2.05) is 13.8 Å². The highest BCUT2D eigenvalue weighted by molar-refractivity contribution is 5.95. The molecule has 1 aromatic rings. The Hall–Kier alpha value is -1.63. The fraction of sp³-hybridized carbons (Fsp3) is 0.538. The van der Waals surface area contributed by atoms with E-state index in [0.717, 1.165) is 12.1 Å². The molecule has 1 heterocycles. The summed E-state index contributed by atoms with van der Waals surface area (Å²) in [4.78, 5) is 15.2. The molecule has 0 radical (unpaired) electrons. The molecule has 7 heteroatoms. The average molecular weight is 290 g/mol. The lowest BCUT2D eigenvalue weighted by Crippen LogP contribution is -2.29. The van der Waals surface area contributed by atoms with Crippen LogP contribution in [-0.4, -0.2) is 30.1 Å². The summed E-state index contributed by atoms with van der Waals surface area (Å²) in [6, 6.07) is 1.93. The minimum atomic E-state index is -4.51.